The van der Waals surface area contributed by atoms with Crippen molar-refractivity contribution in [3.05, 3.63) is 22.6 Å². The van der Waals surface area contributed by atoms with Gasteiger partial charge in [0.2, 0.25) is 0 Å². The van der Waals surface area contributed by atoms with Gasteiger partial charge in [-0.3, -0.25) is 4.79 Å². The first-order valence-corrected chi connectivity index (χ1v) is 7.05. The molecule has 2 N–H and O–H groups in total. The minimum atomic E-state index is -0.0209. The molecule has 1 aromatic rings. The Morgan fingerprint density at radius 1 is 1.11 bits per heavy atom. The third kappa shape index (κ3) is 1.44. The van der Waals surface area contributed by atoms with E-state index in [2.05, 4.69) is 5.10 Å². The van der Waals surface area contributed by atoms with Crippen LogP contribution in [0.2, 0.25) is 0 Å². The maximum absolute atomic E-state index is 12.1. The maximum Gasteiger partial charge on any atom is 0.269 e. The highest BCUT2D eigenvalue weighted by molar-refractivity contribution is 5.31. The molecule has 4 saturated carbocycles. The molecule has 4 nitrogen and oxygen atoms in total. The van der Waals surface area contributed by atoms with Crippen LogP contribution >= 0.6 is 0 Å². The van der Waals surface area contributed by atoms with Crippen molar-refractivity contribution < 1.29 is 0 Å². The second-order valence-electron chi connectivity index (χ2n) is 6.49. The molecule has 4 heteroatoms. The van der Waals surface area contributed by atoms with Gasteiger partial charge < -0.3 is 5.73 Å². The van der Waals surface area contributed by atoms with Crippen molar-refractivity contribution in [2.75, 3.05) is 5.73 Å². The first kappa shape index (κ1) is 10.6. The smallest absolute Gasteiger partial charge is 0.269 e. The molecule has 0 atom stereocenters. The van der Waals surface area contributed by atoms with Gasteiger partial charge in [-0.05, 0) is 55.8 Å². The van der Waals surface area contributed by atoms with Crippen LogP contribution in [0.4, 0.5) is 5.69 Å². The third-order valence-corrected chi connectivity index (χ3v) is 5.31. The van der Waals surface area contributed by atoms with Gasteiger partial charge in [0.1, 0.15) is 0 Å². The lowest BCUT2D eigenvalue weighted by molar-refractivity contribution is -0.0354. The molecule has 4 bridgehead atoms. The zero-order chi connectivity index (χ0) is 12.3. The summed E-state index contributed by atoms with van der Waals surface area (Å²) < 4.78 is 1.73. The van der Waals surface area contributed by atoms with E-state index in [9.17, 15) is 4.79 Å². The highest BCUT2D eigenvalue weighted by Crippen LogP contribution is 2.57. The van der Waals surface area contributed by atoms with E-state index in [4.69, 9.17) is 5.73 Å². The predicted octanol–water partition coefficient (Wildman–Crippen LogP) is 1.82. The number of aromatic nitrogens is 2. The molecule has 4 aliphatic carbocycles. The normalized spacial score (nSPS) is 41.2. The molecule has 0 spiro atoms. The average molecular weight is 245 g/mol. The van der Waals surface area contributed by atoms with Crippen molar-refractivity contribution in [2.24, 2.45) is 23.7 Å². The van der Waals surface area contributed by atoms with Crippen molar-refractivity contribution >= 4 is 5.69 Å². The van der Waals surface area contributed by atoms with Gasteiger partial charge in [-0.25, -0.2) is 4.68 Å². The van der Waals surface area contributed by atoms with Gasteiger partial charge in [0.25, 0.3) is 5.56 Å². The van der Waals surface area contributed by atoms with Gasteiger partial charge in [0, 0.05) is 6.07 Å². The molecule has 0 unspecified atom stereocenters. The summed E-state index contributed by atoms with van der Waals surface area (Å²) in [5, 5.41) is 4.30. The van der Waals surface area contributed by atoms with E-state index in [0.29, 0.717) is 23.6 Å². The lowest BCUT2D eigenvalue weighted by Gasteiger charge is -2.54. The summed E-state index contributed by atoms with van der Waals surface area (Å²) in [5.74, 6) is 3.20. The van der Waals surface area contributed by atoms with E-state index >= 15 is 0 Å². The molecule has 4 aliphatic rings. The number of nitrogens with two attached hydrogens (primary N) is 1. The summed E-state index contributed by atoms with van der Waals surface area (Å²) in [7, 11) is 0. The zero-order valence-corrected chi connectivity index (χ0v) is 10.5. The highest BCUT2D eigenvalue weighted by Gasteiger charge is 2.49. The van der Waals surface area contributed by atoms with E-state index in [1.807, 2.05) is 0 Å². The van der Waals surface area contributed by atoms with Crippen LogP contribution in [-0.4, -0.2) is 9.78 Å². The first-order valence-electron chi connectivity index (χ1n) is 7.05. The second-order valence-corrected chi connectivity index (χ2v) is 6.49. The standard InChI is InChI=1S/C14H19N3O/c15-12-6-13(18)17(16-7-12)14-10-2-8-1-9(4-10)5-11(14)3-8/h6-11,14H,1-5,15H2. The Hall–Kier alpha value is -1.32. The molecular formula is C14H19N3O. The van der Waals surface area contributed by atoms with Gasteiger partial charge in [-0.15, -0.1) is 0 Å². The SMILES string of the molecule is Nc1cnn(C2C3CC4CC(C3)CC2C4)c(=O)c1. The Bertz CT molecular complexity index is 508. The van der Waals surface area contributed by atoms with Gasteiger partial charge in [0.15, 0.2) is 0 Å². The van der Waals surface area contributed by atoms with E-state index in [-0.39, 0.29) is 5.56 Å². The summed E-state index contributed by atoms with van der Waals surface area (Å²) in [6, 6.07) is 1.85. The van der Waals surface area contributed by atoms with Gasteiger partial charge in [-0.2, -0.15) is 5.10 Å². The number of rotatable bonds is 1. The number of hydrogen-bond acceptors (Lipinski definition) is 3. The molecular weight excluding hydrogens is 226 g/mol. The lowest BCUT2D eigenvalue weighted by Crippen LogP contribution is -2.48. The largest absolute Gasteiger partial charge is 0.397 e. The van der Waals surface area contributed by atoms with Crippen LogP contribution in [0.1, 0.15) is 38.1 Å². The summed E-state index contributed by atoms with van der Waals surface area (Å²) in [4.78, 5) is 12.1. The molecule has 0 radical (unpaired) electrons. The molecule has 0 aromatic carbocycles. The number of anilines is 1. The Balaban J connectivity index is 1.74. The van der Waals surface area contributed by atoms with Crippen LogP contribution in [0.25, 0.3) is 0 Å². The molecule has 0 aliphatic heterocycles. The fourth-order valence-electron chi connectivity index (χ4n) is 4.95. The van der Waals surface area contributed by atoms with E-state index in [1.54, 1.807) is 10.9 Å². The molecule has 96 valence electrons. The van der Waals surface area contributed by atoms with Crippen molar-refractivity contribution in [3.63, 3.8) is 0 Å². The maximum atomic E-state index is 12.1. The predicted molar refractivity (Wildman–Crippen MR) is 69.0 cm³/mol. The molecule has 5 rings (SSSR count). The van der Waals surface area contributed by atoms with Crippen molar-refractivity contribution in [2.45, 2.75) is 38.1 Å². The van der Waals surface area contributed by atoms with E-state index < -0.39 is 0 Å². The van der Waals surface area contributed by atoms with E-state index in [1.165, 1.54) is 38.2 Å². The fraction of sp³-hybridized carbons (Fsp3) is 0.714. The van der Waals surface area contributed by atoms with Gasteiger partial charge >= 0.3 is 0 Å². The lowest BCUT2D eigenvalue weighted by atomic mass is 9.54. The Morgan fingerprint density at radius 2 is 1.72 bits per heavy atom. The Morgan fingerprint density at radius 3 is 2.28 bits per heavy atom. The van der Waals surface area contributed by atoms with Crippen LogP contribution in [0.3, 0.4) is 0 Å². The van der Waals surface area contributed by atoms with Crippen molar-refractivity contribution in [3.8, 4) is 0 Å². The molecule has 0 amide bonds. The number of nitrogen functional groups attached to an aromatic ring is 1. The molecule has 18 heavy (non-hydrogen) atoms. The molecule has 4 fully saturated rings. The van der Waals surface area contributed by atoms with Gasteiger partial charge in [-0.1, -0.05) is 0 Å². The van der Waals surface area contributed by atoms with Crippen LogP contribution in [0.5, 0.6) is 0 Å². The van der Waals surface area contributed by atoms with E-state index in [0.717, 1.165) is 11.8 Å². The van der Waals surface area contributed by atoms with Crippen LogP contribution in [-0.2, 0) is 0 Å². The summed E-state index contributed by atoms with van der Waals surface area (Å²) in [6.07, 6.45) is 8.26. The fourth-order valence-corrected chi connectivity index (χ4v) is 4.95. The third-order valence-electron chi connectivity index (χ3n) is 5.31. The summed E-state index contributed by atoms with van der Waals surface area (Å²) >= 11 is 0. The highest BCUT2D eigenvalue weighted by atomic mass is 16.1. The zero-order valence-electron chi connectivity index (χ0n) is 10.5. The summed E-state index contributed by atoms with van der Waals surface area (Å²) in [5.41, 5.74) is 6.08. The average Bonchev–Trinajstić information content (AvgIpc) is 2.30. The number of nitrogens with zero attached hydrogens (tertiary/aromatic N) is 2. The monoisotopic (exact) mass is 245 g/mol. The Kier molecular flexibility index (Phi) is 2.11. The number of hydrogen-bond donors (Lipinski definition) is 1. The minimum Gasteiger partial charge on any atom is -0.397 e. The van der Waals surface area contributed by atoms with Crippen molar-refractivity contribution in [1.82, 2.24) is 9.78 Å². The topological polar surface area (TPSA) is 60.9 Å². The van der Waals surface area contributed by atoms with Crippen LogP contribution in [0, 0.1) is 23.7 Å². The van der Waals surface area contributed by atoms with Crippen LogP contribution in [0.15, 0.2) is 17.1 Å². The summed E-state index contributed by atoms with van der Waals surface area (Å²) in [6.45, 7) is 0. The quantitative estimate of drug-likeness (QED) is 0.821. The minimum absolute atomic E-state index is 0.0209. The Labute approximate surface area is 106 Å². The van der Waals surface area contributed by atoms with Crippen LogP contribution < -0.4 is 11.3 Å². The molecule has 1 heterocycles. The second kappa shape index (κ2) is 3.59. The first-order chi connectivity index (χ1) is 8.70. The molecule has 0 saturated heterocycles. The van der Waals surface area contributed by atoms with Crippen molar-refractivity contribution in [1.29, 1.82) is 0 Å². The molecule has 1 aromatic heterocycles. The van der Waals surface area contributed by atoms with Gasteiger partial charge in [0.05, 0.1) is 17.9 Å².